The number of amidine groups is 1. The molecule has 2 heterocycles. The number of hydrogen-bond donors (Lipinski definition) is 3. The van der Waals surface area contributed by atoms with Gasteiger partial charge in [0.15, 0.2) is 5.84 Å². The van der Waals surface area contributed by atoms with Crippen LogP contribution in [0.5, 0.6) is 0 Å². The molecule has 0 radical (unpaired) electrons. The van der Waals surface area contributed by atoms with Gasteiger partial charge in [0, 0.05) is 18.0 Å². The Morgan fingerprint density at radius 2 is 1.96 bits per heavy atom. The lowest BCUT2D eigenvalue weighted by Crippen LogP contribution is -2.21. The Morgan fingerprint density at radius 1 is 1.23 bits per heavy atom. The number of pyridine rings is 1. The Kier molecular flexibility index (Phi) is 4.67. The maximum absolute atomic E-state index is 8.95. The lowest BCUT2D eigenvalue weighted by Gasteiger charge is -2.07. The number of nitriles is 1. The molecule has 0 aliphatic rings. The Hall–Kier alpha value is -4.06. The molecule has 0 spiro atoms. The summed E-state index contributed by atoms with van der Waals surface area (Å²) in [6.45, 7) is 1.92. The van der Waals surface area contributed by atoms with Crippen LogP contribution in [0.15, 0.2) is 52.2 Å². The smallest absolute Gasteiger partial charge is 0.250 e. The van der Waals surface area contributed by atoms with Gasteiger partial charge in [-0.15, -0.1) is 10.2 Å². The molecule has 0 aliphatic heterocycles. The van der Waals surface area contributed by atoms with E-state index in [1.165, 1.54) is 0 Å². The van der Waals surface area contributed by atoms with Crippen molar-refractivity contribution in [1.82, 2.24) is 15.2 Å². The van der Waals surface area contributed by atoms with Gasteiger partial charge >= 0.3 is 0 Å². The third kappa shape index (κ3) is 3.54. The zero-order valence-electron chi connectivity index (χ0n) is 13.8. The molecule has 2 aromatic heterocycles. The molecule has 9 nitrogen and oxygen atoms in total. The minimum atomic E-state index is -0.425. The van der Waals surface area contributed by atoms with Crippen LogP contribution in [0.25, 0.3) is 22.9 Å². The van der Waals surface area contributed by atoms with Crippen LogP contribution in [0, 0.1) is 23.7 Å². The highest BCUT2D eigenvalue weighted by atomic mass is 16.4. The number of hydrogen-bond acceptors (Lipinski definition) is 8. The number of nitrogens with zero attached hydrogens (tertiary/aromatic N) is 5. The van der Waals surface area contributed by atoms with Crippen molar-refractivity contribution in [3.05, 3.63) is 48.3 Å². The van der Waals surface area contributed by atoms with Crippen LogP contribution >= 0.6 is 0 Å². The van der Waals surface area contributed by atoms with Crippen molar-refractivity contribution in [3.63, 3.8) is 0 Å². The standard InChI is InChI=1S/C17H14N8O/c1-10-2-3-13(22-23-14(9-18)15(19)20)12(8-10)17-25-24-16(26-17)11-4-6-21-7-5-11/h2-8,22H,1H3,(H3,19,20)/b23-14+. The molecule has 26 heavy (non-hydrogen) atoms. The first-order valence-electron chi connectivity index (χ1n) is 7.51. The fourth-order valence-electron chi connectivity index (χ4n) is 2.14. The van der Waals surface area contributed by atoms with Crippen LogP contribution < -0.4 is 11.2 Å². The molecule has 0 amide bonds. The fourth-order valence-corrected chi connectivity index (χ4v) is 2.14. The van der Waals surface area contributed by atoms with Crippen molar-refractivity contribution in [1.29, 1.82) is 10.7 Å². The van der Waals surface area contributed by atoms with Gasteiger partial charge in [-0.05, 0) is 31.2 Å². The predicted octanol–water partition coefficient (Wildman–Crippen LogP) is 2.33. The molecule has 4 N–H and O–H groups in total. The monoisotopic (exact) mass is 346 g/mol. The second-order valence-corrected chi connectivity index (χ2v) is 5.29. The molecule has 0 bridgehead atoms. The van der Waals surface area contributed by atoms with Crippen molar-refractivity contribution in [3.8, 4) is 29.0 Å². The lowest BCUT2D eigenvalue weighted by atomic mass is 10.1. The molecule has 128 valence electrons. The highest BCUT2D eigenvalue weighted by Gasteiger charge is 2.14. The summed E-state index contributed by atoms with van der Waals surface area (Å²) in [5.74, 6) is 0.228. The zero-order chi connectivity index (χ0) is 18.5. The number of anilines is 1. The van der Waals surface area contributed by atoms with Crippen molar-refractivity contribution >= 4 is 17.2 Å². The van der Waals surface area contributed by atoms with Crippen LogP contribution in [0.2, 0.25) is 0 Å². The van der Waals surface area contributed by atoms with Crippen LogP contribution in [-0.4, -0.2) is 26.7 Å². The molecule has 0 atom stereocenters. The number of nitrogens with one attached hydrogen (secondary N) is 2. The van der Waals surface area contributed by atoms with E-state index in [9.17, 15) is 0 Å². The van der Waals surface area contributed by atoms with E-state index in [0.29, 0.717) is 23.0 Å². The van der Waals surface area contributed by atoms with E-state index in [2.05, 4.69) is 25.7 Å². The Balaban J connectivity index is 1.98. The molecular formula is C17H14N8O. The Bertz CT molecular complexity index is 1020. The van der Waals surface area contributed by atoms with E-state index in [0.717, 1.165) is 11.1 Å². The molecule has 0 saturated carbocycles. The van der Waals surface area contributed by atoms with E-state index < -0.39 is 5.84 Å². The summed E-state index contributed by atoms with van der Waals surface area (Å²) in [7, 11) is 0. The number of aryl methyl sites for hydroxylation is 1. The van der Waals surface area contributed by atoms with Gasteiger partial charge in [-0.3, -0.25) is 15.8 Å². The van der Waals surface area contributed by atoms with Gasteiger partial charge in [-0.1, -0.05) is 11.6 Å². The van der Waals surface area contributed by atoms with Crippen molar-refractivity contribution < 1.29 is 4.42 Å². The molecule has 1 aromatic carbocycles. The fraction of sp³-hybridized carbons (Fsp3) is 0.0588. The average molecular weight is 346 g/mol. The first-order chi connectivity index (χ1) is 12.6. The second-order valence-electron chi connectivity index (χ2n) is 5.29. The molecule has 0 fully saturated rings. The van der Waals surface area contributed by atoms with Gasteiger partial charge in [0.25, 0.3) is 0 Å². The van der Waals surface area contributed by atoms with Crippen molar-refractivity contribution in [2.45, 2.75) is 6.92 Å². The quantitative estimate of drug-likeness (QED) is 0.364. The van der Waals surface area contributed by atoms with Crippen LogP contribution in [0.1, 0.15) is 5.56 Å². The highest BCUT2D eigenvalue weighted by molar-refractivity contribution is 6.45. The summed E-state index contributed by atoms with van der Waals surface area (Å²) in [5.41, 5.74) is 10.7. The van der Waals surface area contributed by atoms with Crippen molar-refractivity contribution in [2.24, 2.45) is 10.8 Å². The summed E-state index contributed by atoms with van der Waals surface area (Å²) in [6, 6.07) is 10.8. The molecule has 0 aliphatic carbocycles. The number of benzene rings is 1. The minimum Gasteiger partial charge on any atom is -0.416 e. The third-order valence-corrected chi connectivity index (χ3v) is 3.41. The minimum absolute atomic E-state index is 0.223. The lowest BCUT2D eigenvalue weighted by molar-refractivity contribution is 0.584. The maximum atomic E-state index is 8.95. The molecule has 3 aromatic rings. The average Bonchev–Trinajstić information content (AvgIpc) is 3.13. The number of aromatic nitrogens is 3. The number of rotatable bonds is 5. The van der Waals surface area contributed by atoms with Crippen LogP contribution in [0.4, 0.5) is 5.69 Å². The first kappa shape index (κ1) is 16.8. The summed E-state index contributed by atoms with van der Waals surface area (Å²) in [6.07, 6.45) is 3.28. The van der Waals surface area contributed by atoms with E-state index in [4.69, 9.17) is 20.8 Å². The van der Waals surface area contributed by atoms with Gasteiger partial charge in [0.1, 0.15) is 6.07 Å². The maximum Gasteiger partial charge on any atom is 0.250 e. The van der Waals surface area contributed by atoms with E-state index >= 15 is 0 Å². The molecule has 3 rings (SSSR count). The summed E-state index contributed by atoms with van der Waals surface area (Å²) in [4.78, 5) is 3.96. The topological polar surface area (TPSA) is 150 Å². The van der Waals surface area contributed by atoms with Gasteiger partial charge in [0.2, 0.25) is 17.5 Å². The number of nitrogens with two attached hydrogens (primary N) is 1. The normalized spacial score (nSPS) is 11.0. The summed E-state index contributed by atoms with van der Waals surface area (Å²) >= 11 is 0. The van der Waals surface area contributed by atoms with Crippen molar-refractivity contribution in [2.75, 3.05) is 5.43 Å². The second kappa shape index (κ2) is 7.23. The van der Waals surface area contributed by atoms with Gasteiger partial charge < -0.3 is 10.2 Å². The summed E-state index contributed by atoms with van der Waals surface area (Å²) in [5, 5.41) is 28.3. The first-order valence-corrected chi connectivity index (χ1v) is 7.51. The van der Waals surface area contributed by atoms with E-state index in [1.807, 2.05) is 19.1 Å². The molecule has 0 saturated heterocycles. The predicted molar refractivity (Wildman–Crippen MR) is 96.3 cm³/mol. The summed E-state index contributed by atoms with van der Waals surface area (Å²) < 4.78 is 5.76. The van der Waals surface area contributed by atoms with Gasteiger partial charge in [0.05, 0.1) is 11.3 Å². The molecule has 9 heteroatoms. The molecular weight excluding hydrogens is 332 g/mol. The van der Waals surface area contributed by atoms with Gasteiger partial charge in [-0.25, -0.2) is 0 Å². The van der Waals surface area contributed by atoms with Crippen LogP contribution in [-0.2, 0) is 0 Å². The SMILES string of the molecule is Cc1ccc(N/N=C(\C#N)C(=N)N)c(-c2nnc(-c3ccncc3)o2)c1. The van der Waals surface area contributed by atoms with Gasteiger partial charge in [-0.2, -0.15) is 10.4 Å². The Morgan fingerprint density at radius 3 is 2.65 bits per heavy atom. The van der Waals surface area contributed by atoms with E-state index in [1.54, 1.807) is 36.7 Å². The highest BCUT2D eigenvalue weighted by Crippen LogP contribution is 2.30. The zero-order valence-corrected chi connectivity index (χ0v) is 13.8. The number of hydrazone groups is 1. The Labute approximate surface area is 148 Å². The molecule has 0 unspecified atom stereocenters. The largest absolute Gasteiger partial charge is 0.416 e. The van der Waals surface area contributed by atoms with Crippen LogP contribution in [0.3, 0.4) is 0 Å². The third-order valence-electron chi connectivity index (χ3n) is 3.41. The van der Waals surface area contributed by atoms with E-state index in [-0.39, 0.29) is 5.71 Å².